The van der Waals surface area contributed by atoms with Gasteiger partial charge in [0.2, 0.25) is 5.82 Å². The van der Waals surface area contributed by atoms with Gasteiger partial charge in [0.05, 0.1) is 14.2 Å². The number of piperidine rings is 1. The Balaban J connectivity index is 1.40. The van der Waals surface area contributed by atoms with Gasteiger partial charge in [0.15, 0.2) is 34.8 Å². The third-order valence-corrected chi connectivity index (χ3v) is 6.76. The van der Waals surface area contributed by atoms with Crippen LogP contribution in [0, 0.1) is 29.1 Å². The van der Waals surface area contributed by atoms with E-state index in [2.05, 4.69) is 10.2 Å². The number of hydrogen-bond acceptors (Lipinski definition) is 4. The summed E-state index contributed by atoms with van der Waals surface area (Å²) in [6, 6.07) is 5.64. The average Bonchev–Trinajstić information content (AvgIpc) is 3.07. The summed E-state index contributed by atoms with van der Waals surface area (Å²) < 4.78 is 78.8. The van der Waals surface area contributed by atoms with Crippen molar-refractivity contribution in [1.29, 1.82) is 0 Å². The smallest absolute Gasteiger partial charge is 0.257 e. The molecular formula is C24H25F5N2O3. The number of fused-ring (bicyclic) bond motifs is 2. The summed E-state index contributed by atoms with van der Waals surface area (Å²) >= 11 is 0. The van der Waals surface area contributed by atoms with Gasteiger partial charge in [0, 0.05) is 24.7 Å². The fourth-order valence-electron chi connectivity index (χ4n) is 5.11. The van der Waals surface area contributed by atoms with Gasteiger partial charge in [-0.15, -0.1) is 0 Å². The molecule has 2 unspecified atom stereocenters. The Bertz CT molecular complexity index is 1050. The molecule has 0 spiro atoms. The van der Waals surface area contributed by atoms with E-state index < -0.39 is 46.6 Å². The third kappa shape index (κ3) is 4.43. The molecule has 0 aromatic heterocycles. The lowest BCUT2D eigenvalue weighted by Gasteiger charge is -2.39. The van der Waals surface area contributed by atoms with Crippen LogP contribution in [0.15, 0.2) is 18.2 Å². The van der Waals surface area contributed by atoms with Crippen LogP contribution < -0.4 is 14.8 Å². The second kappa shape index (κ2) is 9.77. The Morgan fingerprint density at radius 1 is 0.912 bits per heavy atom. The number of nitrogens with zero attached hydrogens (tertiary/aromatic N) is 1. The molecule has 2 saturated heterocycles. The van der Waals surface area contributed by atoms with Crippen molar-refractivity contribution >= 4 is 5.91 Å². The second-order valence-corrected chi connectivity index (χ2v) is 8.65. The fraction of sp³-hybridized carbons (Fsp3) is 0.458. The number of carbonyl (C=O) groups is 1. The van der Waals surface area contributed by atoms with Crippen molar-refractivity contribution in [1.82, 2.24) is 10.2 Å². The maximum absolute atomic E-state index is 14.0. The SMILES string of the molecule is COc1ccc(CCN2C3CCC2CC(NC(=O)c2c(F)c(F)c(F)c(F)c2F)C3)cc1OC. The summed E-state index contributed by atoms with van der Waals surface area (Å²) in [7, 11) is 3.15. The van der Waals surface area contributed by atoms with Crippen molar-refractivity contribution in [3.63, 3.8) is 0 Å². The van der Waals surface area contributed by atoms with Gasteiger partial charge in [0.1, 0.15) is 5.56 Å². The first kappa shape index (κ1) is 24.3. The number of halogens is 5. The van der Waals surface area contributed by atoms with Crippen LogP contribution in [0.3, 0.4) is 0 Å². The third-order valence-electron chi connectivity index (χ3n) is 6.76. The largest absolute Gasteiger partial charge is 0.493 e. The highest BCUT2D eigenvalue weighted by Crippen LogP contribution is 2.36. The Hall–Kier alpha value is -2.88. The van der Waals surface area contributed by atoms with Crippen molar-refractivity contribution in [3.8, 4) is 11.5 Å². The molecule has 5 nitrogen and oxygen atoms in total. The number of nitrogens with one attached hydrogen (secondary N) is 1. The van der Waals surface area contributed by atoms with Gasteiger partial charge in [-0.05, 0) is 49.8 Å². The van der Waals surface area contributed by atoms with Gasteiger partial charge in [-0.2, -0.15) is 0 Å². The highest BCUT2D eigenvalue weighted by atomic mass is 19.2. The summed E-state index contributed by atoms with van der Waals surface area (Å²) in [5, 5.41) is 2.48. The minimum Gasteiger partial charge on any atom is -0.493 e. The van der Waals surface area contributed by atoms with Crippen molar-refractivity contribution in [2.75, 3.05) is 20.8 Å². The van der Waals surface area contributed by atoms with E-state index >= 15 is 0 Å². The van der Waals surface area contributed by atoms with Crippen LogP contribution in [0.2, 0.25) is 0 Å². The molecule has 1 N–H and O–H groups in total. The number of ether oxygens (including phenoxy) is 2. The molecule has 2 heterocycles. The van der Waals surface area contributed by atoms with Crippen LogP contribution >= 0.6 is 0 Å². The summed E-state index contributed by atoms with van der Waals surface area (Å²) in [4.78, 5) is 14.8. The lowest BCUT2D eigenvalue weighted by molar-refractivity contribution is 0.0838. The molecule has 0 aliphatic carbocycles. The molecule has 0 saturated carbocycles. The minimum absolute atomic E-state index is 0.153. The number of carbonyl (C=O) groups excluding carboxylic acids is 1. The molecule has 4 rings (SSSR count). The molecule has 34 heavy (non-hydrogen) atoms. The van der Waals surface area contributed by atoms with Gasteiger partial charge in [-0.1, -0.05) is 6.07 Å². The zero-order valence-corrected chi connectivity index (χ0v) is 18.8. The predicted octanol–water partition coefficient (Wildman–Crippen LogP) is 4.37. The van der Waals surface area contributed by atoms with Gasteiger partial charge >= 0.3 is 0 Å². The summed E-state index contributed by atoms with van der Waals surface area (Å²) in [6.45, 7) is 0.781. The van der Waals surface area contributed by atoms with Gasteiger partial charge in [0.25, 0.3) is 5.91 Å². The number of benzene rings is 2. The number of hydrogen-bond donors (Lipinski definition) is 1. The van der Waals surface area contributed by atoms with Crippen molar-refractivity contribution in [2.24, 2.45) is 0 Å². The molecule has 1 amide bonds. The van der Waals surface area contributed by atoms with Crippen LogP contribution in [0.5, 0.6) is 11.5 Å². The van der Waals surface area contributed by atoms with Gasteiger partial charge in [-0.25, -0.2) is 22.0 Å². The fourth-order valence-corrected chi connectivity index (χ4v) is 5.11. The zero-order valence-electron chi connectivity index (χ0n) is 18.8. The lowest BCUT2D eigenvalue weighted by Crippen LogP contribution is -2.51. The Kier molecular flexibility index (Phi) is 6.97. The summed E-state index contributed by atoms with van der Waals surface area (Å²) in [5.41, 5.74) is -0.363. The van der Waals surface area contributed by atoms with E-state index in [0.717, 1.165) is 31.4 Å². The van der Waals surface area contributed by atoms with Crippen LogP contribution in [-0.2, 0) is 6.42 Å². The van der Waals surface area contributed by atoms with E-state index in [0.29, 0.717) is 24.3 Å². The quantitative estimate of drug-likeness (QED) is 0.360. The van der Waals surface area contributed by atoms with E-state index in [4.69, 9.17) is 9.47 Å². The molecule has 2 aliphatic rings. The standard InChI is InChI=1S/C24H25F5N2O3/c1-33-16-6-3-12(9-17(16)34-2)7-8-31-14-4-5-15(31)11-13(10-14)30-24(32)18-19(25)21(27)23(29)22(28)20(18)26/h3,6,9,13-15H,4-5,7-8,10-11H2,1-2H3,(H,30,32). The normalized spacial score (nSPS) is 22.0. The number of amides is 1. The van der Waals surface area contributed by atoms with Crippen molar-refractivity contribution < 1.29 is 36.2 Å². The van der Waals surface area contributed by atoms with Crippen LogP contribution in [0.1, 0.15) is 41.6 Å². The van der Waals surface area contributed by atoms with E-state index in [1.807, 2.05) is 18.2 Å². The summed E-state index contributed by atoms with van der Waals surface area (Å²) in [5.74, 6) is -10.8. The minimum atomic E-state index is -2.28. The molecule has 10 heteroatoms. The zero-order chi connectivity index (χ0) is 24.6. The molecule has 2 bridgehead atoms. The number of rotatable bonds is 7. The number of methoxy groups -OCH3 is 2. The van der Waals surface area contributed by atoms with Crippen molar-refractivity contribution in [3.05, 3.63) is 58.4 Å². The highest BCUT2D eigenvalue weighted by molar-refractivity contribution is 5.95. The molecular weight excluding hydrogens is 459 g/mol. The highest BCUT2D eigenvalue weighted by Gasteiger charge is 2.41. The average molecular weight is 484 g/mol. The molecule has 0 radical (unpaired) electrons. The molecule has 2 aromatic carbocycles. The Labute approximate surface area is 193 Å². The first-order valence-corrected chi connectivity index (χ1v) is 11.0. The summed E-state index contributed by atoms with van der Waals surface area (Å²) in [6.07, 6.45) is 3.65. The van der Waals surface area contributed by atoms with E-state index in [1.165, 1.54) is 0 Å². The predicted molar refractivity (Wildman–Crippen MR) is 113 cm³/mol. The van der Waals surface area contributed by atoms with E-state index in [1.54, 1.807) is 14.2 Å². The van der Waals surface area contributed by atoms with Crippen LogP contribution in [0.25, 0.3) is 0 Å². The van der Waals surface area contributed by atoms with E-state index in [-0.39, 0.29) is 12.1 Å². The maximum atomic E-state index is 14.0. The Morgan fingerprint density at radius 3 is 2.03 bits per heavy atom. The Morgan fingerprint density at radius 2 is 1.47 bits per heavy atom. The van der Waals surface area contributed by atoms with Gasteiger partial charge < -0.3 is 14.8 Å². The lowest BCUT2D eigenvalue weighted by atomic mass is 9.96. The van der Waals surface area contributed by atoms with E-state index in [9.17, 15) is 26.7 Å². The first-order chi connectivity index (χ1) is 16.2. The second-order valence-electron chi connectivity index (χ2n) is 8.65. The van der Waals surface area contributed by atoms with Crippen LogP contribution in [0.4, 0.5) is 22.0 Å². The van der Waals surface area contributed by atoms with Gasteiger partial charge in [-0.3, -0.25) is 9.69 Å². The monoisotopic (exact) mass is 484 g/mol. The van der Waals surface area contributed by atoms with Crippen LogP contribution in [-0.4, -0.2) is 49.7 Å². The molecule has 2 aromatic rings. The molecule has 2 fully saturated rings. The molecule has 2 aliphatic heterocycles. The first-order valence-electron chi connectivity index (χ1n) is 11.0. The van der Waals surface area contributed by atoms with Crippen molar-refractivity contribution in [2.45, 2.75) is 50.2 Å². The molecule has 2 atom stereocenters. The topological polar surface area (TPSA) is 50.8 Å². The molecule has 184 valence electrons. The maximum Gasteiger partial charge on any atom is 0.257 e.